The van der Waals surface area contributed by atoms with Gasteiger partial charge in [-0.05, 0) is 32.1 Å². The number of alkyl halides is 1. The van der Waals surface area contributed by atoms with Crippen molar-refractivity contribution in [3.8, 4) is 0 Å². The predicted octanol–water partition coefficient (Wildman–Crippen LogP) is 5.55. The first-order valence-electron chi connectivity index (χ1n) is 8.72. The van der Waals surface area contributed by atoms with E-state index in [1.54, 1.807) is 0 Å². The van der Waals surface area contributed by atoms with Crippen molar-refractivity contribution in [3.63, 3.8) is 0 Å². The summed E-state index contributed by atoms with van der Waals surface area (Å²) in [6.45, 7) is 8.88. The molecular weight excluding hydrogens is 348 g/mol. The lowest BCUT2D eigenvalue weighted by molar-refractivity contribution is 0.0558. The van der Waals surface area contributed by atoms with Gasteiger partial charge < -0.3 is 13.3 Å². The molecule has 0 N–H and O–H groups in total. The van der Waals surface area contributed by atoms with Crippen molar-refractivity contribution in [3.05, 3.63) is 0 Å². The fourth-order valence-corrected chi connectivity index (χ4v) is 5.02. The summed E-state index contributed by atoms with van der Waals surface area (Å²) < 4.78 is 18.6. The molecule has 0 aromatic carbocycles. The number of hydrogen-bond acceptors (Lipinski definition) is 3. The lowest BCUT2D eigenvalue weighted by Gasteiger charge is -2.30. The second-order valence-corrected chi connectivity index (χ2v) is 8.96. The minimum atomic E-state index is -2.47. The highest BCUT2D eigenvalue weighted by Gasteiger charge is 2.40. The molecule has 21 heavy (non-hydrogen) atoms. The van der Waals surface area contributed by atoms with Crippen LogP contribution < -0.4 is 0 Å². The van der Waals surface area contributed by atoms with Crippen LogP contribution in [0.4, 0.5) is 0 Å². The van der Waals surface area contributed by atoms with Gasteiger partial charge in [-0.1, -0.05) is 56.0 Å². The molecule has 0 saturated heterocycles. The van der Waals surface area contributed by atoms with Crippen molar-refractivity contribution < 1.29 is 13.3 Å². The van der Waals surface area contributed by atoms with Crippen LogP contribution in [0.25, 0.3) is 0 Å². The van der Waals surface area contributed by atoms with Crippen LogP contribution in [0.3, 0.4) is 0 Å². The van der Waals surface area contributed by atoms with E-state index in [2.05, 4.69) is 36.7 Å². The second kappa shape index (κ2) is 15.5. The van der Waals surface area contributed by atoms with Crippen molar-refractivity contribution >= 4 is 24.7 Å². The zero-order chi connectivity index (χ0) is 15.8. The topological polar surface area (TPSA) is 27.7 Å². The first-order valence-corrected chi connectivity index (χ1v) is 11.8. The molecule has 0 amide bonds. The Morgan fingerprint density at radius 2 is 1.10 bits per heavy atom. The second-order valence-electron chi connectivity index (χ2n) is 5.44. The molecule has 0 spiro atoms. The Hall–Kier alpha value is 0.577. The molecule has 0 aromatic heterocycles. The molecule has 0 saturated carbocycles. The van der Waals surface area contributed by atoms with Crippen LogP contribution in [0.1, 0.15) is 72.1 Å². The van der Waals surface area contributed by atoms with Crippen LogP contribution in [0.15, 0.2) is 0 Å². The maximum absolute atomic E-state index is 6.19. The van der Waals surface area contributed by atoms with Crippen LogP contribution in [-0.4, -0.2) is 34.0 Å². The Morgan fingerprint density at radius 1 is 0.667 bits per heavy atom. The SMILES string of the molecule is CCCCO[Si](CCCCBr)(OCCCC)OCCCC. The van der Waals surface area contributed by atoms with Crippen LogP contribution in [0, 0.1) is 0 Å². The van der Waals surface area contributed by atoms with Crippen molar-refractivity contribution in [1.82, 2.24) is 0 Å². The van der Waals surface area contributed by atoms with Gasteiger partial charge in [0.1, 0.15) is 0 Å². The molecular formula is C16H35BrO3Si. The summed E-state index contributed by atoms with van der Waals surface area (Å²) in [6.07, 6.45) is 8.97. The average molecular weight is 383 g/mol. The van der Waals surface area contributed by atoms with Crippen molar-refractivity contribution in [1.29, 1.82) is 0 Å². The summed E-state index contributed by atoms with van der Waals surface area (Å²) in [7, 11) is -2.47. The van der Waals surface area contributed by atoms with E-state index >= 15 is 0 Å². The highest BCUT2D eigenvalue weighted by Crippen LogP contribution is 2.21. The average Bonchev–Trinajstić information content (AvgIpc) is 2.48. The van der Waals surface area contributed by atoms with Gasteiger partial charge in [0.25, 0.3) is 0 Å². The molecule has 0 fully saturated rings. The van der Waals surface area contributed by atoms with Crippen LogP contribution in [-0.2, 0) is 13.3 Å². The van der Waals surface area contributed by atoms with E-state index in [-0.39, 0.29) is 0 Å². The highest BCUT2D eigenvalue weighted by molar-refractivity contribution is 9.09. The van der Waals surface area contributed by atoms with Crippen LogP contribution >= 0.6 is 15.9 Å². The summed E-state index contributed by atoms with van der Waals surface area (Å²) in [5, 5.41) is 1.04. The number of rotatable bonds is 16. The maximum atomic E-state index is 6.19. The third-order valence-corrected chi connectivity index (χ3v) is 6.78. The lowest BCUT2D eigenvalue weighted by atomic mass is 10.4. The number of halogens is 1. The summed E-state index contributed by atoms with van der Waals surface area (Å²) in [5.41, 5.74) is 0. The monoisotopic (exact) mass is 382 g/mol. The molecule has 0 rings (SSSR count). The molecule has 5 heteroatoms. The van der Waals surface area contributed by atoms with Crippen molar-refractivity contribution in [2.45, 2.75) is 78.2 Å². The zero-order valence-electron chi connectivity index (χ0n) is 14.3. The molecule has 128 valence electrons. The van der Waals surface area contributed by atoms with Gasteiger partial charge in [-0.25, -0.2) is 0 Å². The standard InChI is InChI=1S/C16H35BrO3Si/c1-4-7-13-18-21(16-11-10-12-17,19-14-8-5-2)20-15-9-6-3/h4-16H2,1-3H3. The van der Waals surface area contributed by atoms with Crippen molar-refractivity contribution in [2.75, 3.05) is 25.2 Å². The van der Waals surface area contributed by atoms with Gasteiger partial charge in [0.05, 0.1) is 0 Å². The Labute approximate surface area is 141 Å². The van der Waals surface area contributed by atoms with Gasteiger partial charge in [-0.15, -0.1) is 0 Å². The Balaban J connectivity index is 4.52. The van der Waals surface area contributed by atoms with E-state index in [9.17, 15) is 0 Å². The molecule has 0 bridgehead atoms. The molecule has 0 atom stereocenters. The zero-order valence-corrected chi connectivity index (χ0v) is 16.9. The third kappa shape index (κ3) is 11.8. The first-order chi connectivity index (χ1) is 10.2. The van der Waals surface area contributed by atoms with Gasteiger partial charge in [-0.2, -0.15) is 0 Å². The maximum Gasteiger partial charge on any atom is 0.500 e. The fraction of sp³-hybridized carbons (Fsp3) is 1.00. The normalized spacial score (nSPS) is 12.0. The van der Waals surface area contributed by atoms with E-state index in [0.29, 0.717) is 0 Å². The summed E-state index contributed by atoms with van der Waals surface area (Å²) in [4.78, 5) is 0. The minimum Gasteiger partial charge on any atom is -0.373 e. The van der Waals surface area contributed by atoms with Gasteiger partial charge in [0, 0.05) is 31.2 Å². The molecule has 0 aliphatic carbocycles. The van der Waals surface area contributed by atoms with E-state index in [0.717, 1.165) is 82.6 Å². The van der Waals surface area contributed by atoms with Gasteiger partial charge >= 0.3 is 8.80 Å². The number of hydrogen-bond donors (Lipinski definition) is 0. The highest BCUT2D eigenvalue weighted by atomic mass is 79.9. The summed E-state index contributed by atoms with van der Waals surface area (Å²) in [6, 6.07) is 0.954. The van der Waals surface area contributed by atoms with Crippen molar-refractivity contribution in [2.24, 2.45) is 0 Å². The Bertz CT molecular complexity index is 172. The lowest BCUT2D eigenvalue weighted by Crippen LogP contribution is -2.46. The van der Waals surface area contributed by atoms with Gasteiger partial charge in [0.15, 0.2) is 0 Å². The molecule has 0 aliphatic rings. The molecule has 3 nitrogen and oxygen atoms in total. The number of unbranched alkanes of at least 4 members (excludes halogenated alkanes) is 4. The van der Waals surface area contributed by atoms with E-state index in [1.165, 1.54) is 0 Å². The molecule has 0 unspecified atom stereocenters. The summed E-state index contributed by atoms with van der Waals surface area (Å²) in [5.74, 6) is 0. The van der Waals surface area contributed by atoms with E-state index in [1.807, 2.05) is 0 Å². The fourth-order valence-electron chi connectivity index (χ4n) is 1.89. The molecule has 0 aliphatic heterocycles. The van der Waals surface area contributed by atoms with E-state index < -0.39 is 8.80 Å². The van der Waals surface area contributed by atoms with Crippen LogP contribution in [0.2, 0.25) is 6.04 Å². The molecule has 0 heterocycles. The van der Waals surface area contributed by atoms with Gasteiger partial charge in [0.2, 0.25) is 0 Å². The minimum absolute atomic E-state index is 0.773. The Morgan fingerprint density at radius 3 is 1.43 bits per heavy atom. The predicted molar refractivity (Wildman–Crippen MR) is 96.2 cm³/mol. The largest absolute Gasteiger partial charge is 0.500 e. The van der Waals surface area contributed by atoms with Crippen LogP contribution in [0.5, 0.6) is 0 Å². The first kappa shape index (κ1) is 21.6. The smallest absolute Gasteiger partial charge is 0.373 e. The quantitative estimate of drug-likeness (QED) is 0.199. The molecule has 0 aromatic rings. The van der Waals surface area contributed by atoms with Gasteiger partial charge in [-0.3, -0.25) is 0 Å². The third-order valence-electron chi connectivity index (χ3n) is 3.33. The van der Waals surface area contributed by atoms with E-state index in [4.69, 9.17) is 13.3 Å². The molecule has 0 radical (unpaired) electrons. The Kier molecular flexibility index (Phi) is 15.9. The summed E-state index contributed by atoms with van der Waals surface area (Å²) >= 11 is 3.50.